The normalized spacial score (nSPS) is 15.3. The topological polar surface area (TPSA) is 20.2 Å². The Hall–Kier alpha value is 0.180. The molecule has 0 aromatic rings. The van der Waals surface area contributed by atoms with Gasteiger partial charge in [0, 0.05) is 0 Å². The first-order chi connectivity index (χ1) is 3.31. The van der Waals surface area contributed by atoms with E-state index in [1.165, 1.54) is 0 Å². The second kappa shape index (κ2) is 4.34. The fraction of sp³-hybridized carbons (Fsp3) is 0.600. The van der Waals surface area contributed by atoms with Crippen LogP contribution in [0, 0.1) is 0 Å². The van der Waals surface area contributed by atoms with Crippen molar-refractivity contribution in [2.75, 3.05) is 0 Å². The molecule has 42 valence electrons. The van der Waals surface area contributed by atoms with Gasteiger partial charge in [-0.2, -0.15) is 0 Å². The SMILES string of the molecule is CC[C@@H](O)/C=C/Br. The first-order valence-corrected chi connectivity index (χ1v) is 3.17. The van der Waals surface area contributed by atoms with Crippen LogP contribution in [0.25, 0.3) is 0 Å². The van der Waals surface area contributed by atoms with E-state index in [9.17, 15) is 0 Å². The van der Waals surface area contributed by atoms with Crippen LogP contribution in [0.1, 0.15) is 13.3 Å². The molecule has 2 heteroatoms. The first kappa shape index (κ1) is 7.18. The summed E-state index contributed by atoms with van der Waals surface area (Å²) in [6.45, 7) is 1.93. The number of aliphatic hydroxyl groups excluding tert-OH is 1. The molecule has 0 aromatic carbocycles. The van der Waals surface area contributed by atoms with Crippen LogP contribution in [0.4, 0.5) is 0 Å². The van der Waals surface area contributed by atoms with E-state index in [1.807, 2.05) is 6.92 Å². The molecular formula is C5H9BrO. The highest BCUT2D eigenvalue weighted by Crippen LogP contribution is 1.93. The highest BCUT2D eigenvalue weighted by molar-refractivity contribution is 9.11. The lowest BCUT2D eigenvalue weighted by molar-refractivity contribution is 0.219. The number of aliphatic hydroxyl groups is 1. The lowest BCUT2D eigenvalue weighted by Crippen LogP contribution is -1.96. The molecular weight excluding hydrogens is 156 g/mol. The molecule has 0 aliphatic carbocycles. The Balaban J connectivity index is 3.16. The zero-order valence-electron chi connectivity index (χ0n) is 4.26. The van der Waals surface area contributed by atoms with E-state index in [4.69, 9.17) is 5.11 Å². The molecule has 0 fully saturated rings. The smallest absolute Gasteiger partial charge is 0.0726 e. The summed E-state index contributed by atoms with van der Waals surface area (Å²) in [6, 6.07) is 0. The highest BCUT2D eigenvalue weighted by atomic mass is 79.9. The van der Waals surface area contributed by atoms with Crippen molar-refractivity contribution in [3.63, 3.8) is 0 Å². The Kier molecular flexibility index (Phi) is 4.45. The average molecular weight is 165 g/mol. The van der Waals surface area contributed by atoms with Crippen molar-refractivity contribution in [1.82, 2.24) is 0 Å². The summed E-state index contributed by atoms with van der Waals surface area (Å²) in [5, 5.41) is 8.74. The van der Waals surface area contributed by atoms with Gasteiger partial charge in [0.2, 0.25) is 0 Å². The molecule has 7 heavy (non-hydrogen) atoms. The van der Waals surface area contributed by atoms with Crippen LogP contribution in [0.3, 0.4) is 0 Å². The Bertz CT molecular complexity index is 61.1. The van der Waals surface area contributed by atoms with Gasteiger partial charge in [0.1, 0.15) is 0 Å². The summed E-state index contributed by atoms with van der Waals surface area (Å²) in [5.74, 6) is 0. The summed E-state index contributed by atoms with van der Waals surface area (Å²) in [5.41, 5.74) is 0. The van der Waals surface area contributed by atoms with Crippen LogP contribution in [0.2, 0.25) is 0 Å². The third kappa shape index (κ3) is 4.02. The molecule has 0 aliphatic heterocycles. The molecule has 0 amide bonds. The van der Waals surface area contributed by atoms with E-state index in [1.54, 1.807) is 11.1 Å². The molecule has 1 N–H and O–H groups in total. The highest BCUT2D eigenvalue weighted by Gasteiger charge is 1.88. The van der Waals surface area contributed by atoms with Gasteiger partial charge in [-0.05, 0) is 17.5 Å². The second-order valence-corrected chi connectivity index (χ2v) is 1.82. The summed E-state index contributed by atoms with van der Waals surface area (Å²) < 4.78 is 0. The number of hydrogen-bond acceptors (Lipinski definition) is 1. The first-order valence-electron chi connectivity index (χ1n) is 2.26. The molecule has 1 atom stereocenters. The minimum atomic E-state index is -0.278. The lowest BCUT2D eigenvalue weighted by atomic mass is 10.3. The average Bonchev–Trinajstić information content (AvgIpc) is 1.68. The fourth-order valence-electron chi connectivity index (χ4n) is 0.220. The molecule has 1 nitrogen and oxygen atoms in total. The Morgan fingerprint density at radius 2 is 2.43 bits per heavy atom. The van der Waals surface area contributed by atoms with Crippen LogP contribution < -0.4 is 0 Å². The molecule has 0 unspecified atom stereocenters. The Labute approximate surface area is 52.2 Å². The monoisotopic (exact) mass is 164 g/mol. The van der Waals surface area contributed by atoms with E-state index < -0.39 is 0 Å². The van der Waals surface area contributed by atoms with Gasteiger partial charge in [0.25, 0.3) is 0 Å². The van der Waals surface area contributed by atoms with Gasteiger partial charge in [-0.1, -0.05) is 22.9 Å². The van der Waals surface area contributed by atoms with Gasteiger partial charge in [0.15, 0.2) is 0 Å². The second-order valence-electron chi connectivity index (χ2n) is 1.29. The molecule has 0 rings (SSSR count). The summed E-state index contributed by atoms with van der Waals surface area (Å²) in [6.07, 6.45) is 2.20. The molecule has 0 heterocycles. The Morgan fingerprint density at radius 3 is 2.57 bits per heavy atom. The minimum absolute atomic E-state index is 0.278. The van der Waals surface area contributed by atoms with Crippen molar-refractivity contribution in [2.24, 2.45) is 0 Å². The van der Waals surface area contributed by atoms with Crippen LogP contribution >= 0.6 is 15.9 Å². The van der Waals surface area contributed by atoms with E-state index in [0.29, 0.717) is 0 Å². The molecule has 0 aromatic heterocycles. The number of rotatable bonds is 2. The van der Waals surface area contributed by atoms with Gasteiger partial charge in [-0.25, -0.2) is 0 Å². The maximum Gasteiger partial charge on any atom is 0.0726 e. The summed E-state index contributed by atoms with van der Waals surface area (Å²) >= 11 is 3.05. The third-order valence-corrected chi connectivity index (χ3v) is 1.02. The minimum Gasteiger partial charge on any atom is -0.389 e. The largest absolute Gasteiger partial charge is 0.389 e. The van der Waals surface area contributed by atoms with Crippen molar-refractivity contribution in [2.45, 2.75) is 19.4 Å². The van der Waals surface area contributed by atoms with Crippen LogP contribution in [0.5, 0.6) is 0 Å². The van der Waals surface area contributed by atoms with Crippen molar-refractivity contribution in [1.29, 1.82) is 0 Å². The maximum absolute atomic E-state index is 8.74. The molecule has 0 radical (unpaired) electrons. The molecule has 0 aliphatic rings. The fourth-order valence-corrected chi connectivity index (χ4v) is 0.572. The van der Waals surface area contributed by atoms with Gasteiger partial charge >= 0.3 is 0 Å². The molecule has 0 saturated carbocycles. The van der Waals surface area contributed by atoms with Gasteiger partial charge in [-0.15, -0.1) is 0 Å². The van der Waals surface area contributed by atoms with E-state index in [2.05, 4.69) is 15.9 Å². The van der Waals surface area contributed by atoms with Crippen molar-refractivity contribution >= 4 is 15.9 Å². The molecule has 0 saturated heterocycles. The van der Waals surface area contributed by atoms with E-state index >= 15 is 0 Å². The zero-order chi connectivity index (χ0) is 5.70. The third-order valence-electron chi connectivity index (χ3n) is 0.713. The van der Waals surface area contributed by atoms with E-state index in [-0.39, 0.29) is 6.10 Å². The quantitative estimate of drug-likeness (QED) is 0.659. The number of halogens is 1. The van der Waals surface area contributed by atoms with Crippen LogP contribution in [0.15, 0.2) is 11.1 Å². The maximum atomic E-state index is 8.74. The summed E-state index contributed by atoms with van der Waals surface area (Å²) in [4.78, 5) is 1.67. The predicted molar refractivity (Wildman–Crippen MR) is 34.4 cm³/mol. The predicted octanol–water partition coefficient (Wildman–Crippen LogP) is 1.67. The van der Waals surface area contributed by atoms with Crippen LogP contribution in [-0.2, 0) is 0 Å². The molecule has 0 spiro atoms. The zero-order valence-corrected chi connectivity index (χ0v) is 5.85. The van der Waals surface area contributed by atoms with Crippen molar-refractivity contribution in [3.8, 4) is 0 Å². The van der Waals surface area contributed by atoms with Gasteiger partial charge < -0.3 is 5.11 Å². The van der Waals surface area contributed by atoms with E-state index in [0.717, 1.165) is 6.42 Å². The van der Waals surface area contributed by atoms with Crippen molar-refractivity contribution in [3.05, 3.63) is 11.1 Å². The lowest BCUT2D eigenvalue weighted by Gasteiger charge is -1.94. The van der Waals surface area contributed by atoms with Crippen molar-refractivity contribution < 1.29 is 5.11 Å². The van der Waals surface area contributed by atoms with Crippen LogP contribution in [-0.4, -0.2) is 11.2 Å². The Morgan fingerprint density at radius 1 is 1.86 bits per heavy atom. The van der Waals surface area contributed by atoms with Gasteiger partial charge in [-0.3, -0.25) is 0 Å². The molecule has 0 bridgehead atoms. The standard InChI is InChI=1S/C5H9BrO/c1-2-5(7)3-4-6/h3-5,7H,2H2,1H3/b4-3+/t5-/m1/s1. The number of hydrogen-bond donors (Lipinski definition) is 1. The summed E-state index contributed by atoms with van der Waals surface area (Å²) in [7, 11) is 0. The van der Waals surface area contributed by atoms with Gasteiger partial charge in [0.05, 0.1) is 6.10 Å².